The Hall–Kier alpha value is -1.06. The van der Waals surface area contributed by atoms with Crippen LogP contribution in [0.1, 0.15) is 105 Å². The van der Waals surface area contributed by atoms with Gasteiger partial charge < -0.3 is 9.47 Å². The Morgan fingerprint density at radius 2 is 0.967 bits per heavy atom. The third-order valence-electron chi connectivity index (χ3n) is 7.13. The maximum atomic E-state index is 13.4. The maximum Gasteiger partial charge on any atom is 0.310 e. The van der Waals surface area contributed by atoms with Gasteiger partial charge in [0, 0.05) is 0 Å². The zero-order valence-corrected chi connectivity index (χ0v) is 20.0. The van der Waals surface area contributed by atoms with Crippen LogP contribution in [-0.4, -0.2) is 25.2 Å². The highest BCUT2D eigenvalue weighted by molar-refractivity contribution is 5.82. The Morgan fingerprint density at radius 1 is 0.633 bits per heavy atom. The summed E-state index contributed by atoms with van der Waals surface area (Å²) >= 11 is 0. The van der Waals surface area contributed by atoms with Crippen LogP contribution in [0, 0.1) is 35.5 Å². The molecule has 2 fully saturated rings. The molecular weight excluding hydrogens is 376 g/mol. The largest absolute Gasteiger partial charge is 0.465 e. The van der Waals surface area contributed by atoms with Gasteiger partial charge in [0.1, 0.15) is 0 Å². The van der Waals surface area contributed by atoms with Crippen molar-refractivity contribution in [2.24, 2.45) is 35.5 Å². The van der Waals surface area contributed by atoms with Crippen molar-refractivity contribution in [1.29, 1.82) is 0 Å². The van der Waals surface area contributed by atoms with Crippen molar-refractivity contribution < 1.29 is 19.1 Å². The number of esters is 2. The molecule has 0 aromatic rings. The molecule has 2 rings (SSSR count). The minimum Gasteiger partial charge on any atom is -0.465 e. The highest BCUT2D eigenvalue weighted by Crippen LogP contribution is 2.42. The molecule has 2 aliphatic rings. The van der Waals surface area contributed by atoms with Gasteiger partial charge in [0.15, 0.2) is 0 Å². The van der Waals surface area contributed by atoms with Crippen LogP contribution in [0.15, 0.2) is 0 Å². The van der Waals surface area contributed by atoms with E-state index in [1.807, 2.05) is 0 Å². The summed E-state index contributed by atoms with van der Waals surface area (Å²) in [6.07, 6.45) is 13.0. The van der Waals surface area contributed by atoms with E-state index in [2.05, 4.69) is 27.7 Å². The van der Waals surface area contributed by atoms with E-state index in [-0.39, 0.29) is 35.6 Å². The highest BCUT2D eigenvalue weighted by atomic mass is 16.5. The van der Waals surface area contributed by atoms with Crippen molar-refractivity contribution in [2.45, 2.75) is 105 Å². The number of carbonyl (C=O) groups excluding carboxylic acids is 2. The molecular formula is C26H46O4. The number of hydrogen-bond acceptors (Lipinski definition) is 4. The maximum absolute atomic E-state index is 13.4. The van der Waals surface area contributed by atoms with Crippen LogP contribution in [0.3, 0.4) is 0 Å². The van der Waals surface area contributed by atoms with Crippen molar-refractivity contribution >= 4 is 11.9 Å². The Morgan fingerprint density at radius 3 is 1.27 bits per heavy atom. The lowest BCUT2D eigenvalue weighted by atomic mass is 9.67. The molecule has 2 unspecified atom stereocenters. The van der Waals surface area contributed by atoms with Crippen LogP contribution in [0.4, 0.5) is 0 Å². The summed E-state index contributed by atoms with van der Waals surface area (Å²) in [4.78, 5) is 26.7. The van der Waals surface area contributed by atoms with Crippen molar-refractivity contribution in [3.05, 3.63) is 0 Å². The molecule has 4 heteroatoms. The van der Waals surface area contributed by atoms with Crippen LogP contribution in [0.5, 0.6) is 0 Å². The molecule has 2 atom stereocenters. The average molecular weight is 423 g/mol. The molecule has 0 spiro atoms. The van der Waals surface area contributed by atoms with Crippen LogP contribution < -0.4 is 0 Å². The predicted molar refractivity (Wildman–Crippen MR) is 121 cm³/mol. The monoisotopic (exact) mass is 422 g/mol. The lowest BCUT2D eigenvalue weighted by molar-refractivity contribution is -0.167. The highest BCUT2D eigenvalue weighted by Gasteiger charge is 2.45. The summed E-state index contributed by atoms with van der Waals surface area (Å²) in [5.41, 5.74) is 0. The summed E-state index contributed by atoms with van der Waals surface area (Å²) < 4.78 is 11.6. The summed E-state index contributed by atoms with van der Waals surface area (Å²) in [5.74, 6) is 0.587. The Labute approximate surface area is 184 Å². The first kappa shape index (κ1) is 25.2. The molecule has 0 aromatic heterocycles. The van der Waals surface area contributed by atoms with Gasteiger partial charge >= 0.3 is 11.9 Å². The second-order valence-electron chi connectivity index (χ2n) is 10.5. The van der Waals surface area contributed by atoms with E-state index in [0.29, 0.717) is 25.0 Å². The zero-order valence-electron chi connectivity index (χ0n) is 20.0. The molecule has 0 heterocycles. The molecule has 2 saturated carbocycles. The molecule has 0 aliphatic heterocycles. The third kappa shape index (κ3) is 8.23. The normalized spacial score (nSPS) is 20.9. The zero-order chi connectivity index (χ0) is 21.9. The van der Waals surface area contributed by atoms with Gasteiger partial charge in [-0.1, -0.05) is 66.2 Å². The Balaban J connectivity index is 2.20. The van der Waals surface area contributed by atoms with Gasteiger partial charge in [0.2, 0.25) is 0 Å². The van der Waals surface area contributed by atoms with Gasteiger partial charge in [-0.25, -0.2) is 0 Å². The van der Waals surface area contributed by atoms with Crippen LogP contribution in [0.2, 0.25) is 0 Å². The molecule has 4 nitrogen and oxygen atoms in total. The number of hydrogen-bond donors (Lipinski definition) is 0. The quantitative estimate of drug-likeness (QED) is 0.354. The minimum atomic E-state index is -0.327. The Kier molecular flexibility index (Phi) is 11.2. The molecule has 0 saturated heterocycles. The molecule has 2 aliphatic carbocycles. The van der Waals surface area contributed by atoms with E-state index in [1.54, 1.807) is 0 Å². The van der Waals surface area contributed by atoms with E-state index < -0.39 is 0 Å². The molecule has 30 heavy (non-hydrogen) atoms. The molecule has 0 bridgehead atoms. The average Bonchev–Trinajstić information content (AvgIpc) is 2.72. The fraction of sp³-hybridized carbons (Fsp3) is 0.923. The SMILES string of the molecule is CC(C)CCOC(=O)C(C1CCCCC1)C(C(=O)OCCC(C)C)C1CCCCC1. The summed E-state index contributed by atoms with van der Waals surface area (Å²) in [6, 6.07) is 0. The smallest absolute Gasteiger partial charge is 0.310 e. The number of ether oxygens (including phenoxy) is 2. The number of rotatable bonds is 11. The van der Waals surface area contributed by atoms with Crippen molar-refractivity contribution in [2.75, 3.05) is 13.2 Å². The lowest BCUT2D eigenvalue weighted by Gasteiger charge is -2.38. The predicted octanol–water partition coefficient (Wildman–Crippen LogP) is 6.56. The van der Waals surface area contributed by atoms with Gasteiger partial charge in [-0.2, -0.15) is 0 Å². The summed E-state index contributed by atoms with van der Waals surface area (Å²) in [6.45, 7) is 9.48. The van der Waals surface area contributed by atoms with Crippen molar-refractivity contribution in [1.82, 2.24) is 0 Å². The van der Waals surface area contributed by atoms with Gasteiger partial charge in [0.05, 0.1) is 25.0 Å². The van der Waals surface area contributed by atoms with E-state index >= 15 is 0 Å². The topological polar surface area (TPSA) is 52.6 Å². The standard InChI is InChI=1S/C26H46O4/c1-19(2)15-17-29-25(27)23(21-11-7-5-8-12-21)24(22-13-9-6-10-14-22)26(28)30-18-16-20(3)4/h19-24H,5-18H2,1-4H3. The van der Waals surface area contributed by atoms with Crippen molar-refractivity contribution in [3.63, 3.8) is 0 Å². The molecule has 0 N–H and O–H groups in total. The molecule has 0 amide bonds. The fourth-order valence-corrected chi connectivity index (χ4v) is 5.23. The van der Waals surface area contributed by atoms with Crippen LogP contribution in [-0.2, 0) is 19.1 Å². The first-order valence-corrected chi connectivity index (χ1v) is 12.7. The fourth-order valence-electron chi connectivity index (χ4n) is 5.23. The number of carbonyl (C=O) groups is 2. The molecule has 0 radical (unpaired) electrons. The lowest BCUT2D eigenvalue weighted by Crippen LogP contribution is -2.43. The Bertz CT molecular complexity index is 455. The first-order chi connectivity index (χ1) is 14.4. The van der Waals surface area contributed by atoms with E-state index in [0.717, 1.165) is 64.2 Å². The van der Waals surface area contributed by atoms with E-state index in [1.165, 1.54) is 12.8 Å². The minimum absolute atomic E-state index is 0.140. The third-order valence-corrected chi connectivity index (χ3v) is 7.13. The van der Waals surface area contributed by atoms with Gasteiger partial charge in [0.25, 0.3) is 0 Å². The van der Waals surface area contributed by atoms with E-state index in [4.69, 9.17) is 9.47 Å². The van der Waals surface area contributed by atoms with Crippen LogP contribution >= 0.6 is 0 Å². The summed E-state index contributed by atoms with van der Waals surface area (Å²) in [7, 11) is 0. The van der Waals surface area contributed by atoms with Gasteiger partial charge in [-0.3, -0.25) is 9.59 Å². The van der Waals surface area contributed by atoms with E-state index in [9.17, 15) is 9.59 Å². The first-order valence-electron chi connectivity index (χ1n) is 12.7. The van der Waals surface area contributed by atoms with Crippen molar-refractivity contribution in [3.8, 4) is 0 Å². The van der Waals surface area contributed by atoms with Crippen LogP contribution in [0.25, 0.3) is 0 Å². The molecule has 0 aromatic carbocycles. The summed E-state index contributed by atoms with van der Waals surface area (Å²) in [5, 5.41) is 0. The van der Waals surface area contributed by atoms with Gasteiger partial charge in [-0.05, 0) is 62.2 Å². The molecule has 174 valence electrons. The second kappa shape index (κ2) is 13.4. The van der Waals surface area contributed by atoms with Gasteiger partial charge in [-0.15, -0.1) is 0 Å². The second-order valence-corrected chi connectivity index (χ2v) is 10.5.